The Kier molecular flexibility index (Phi) is 4.91. The fourth-order valence-electron chi connectivity index (χ4n) is 3.50. The van der Waals surface area contributed by atoms with Crippen molar-refractivity contribution in [1.29, 1.82) is 0 Å². The normalized spacial score (nSPS) is 13.3. The number of carbonyl (C=O) groups is 1. The highest BCUT2D eigenvalue weighted by molar-refractivity contribution is 7.71. The minimum atomic E-state index is -0.203. The number of benzene rings is 2. The first-order valence-electron chi connectivity index (χ1n) is 9.99. The van der Waals surface area contributed by atoms with E-state index in [4.69, 9.17) is 12.2 Å². The van der Waals surface area contributed by atoms with Gasteiger partial charge in [-0.2, -0.15) is 5.10 Å². The molecular weight excluding hydrogens is 412 g/mol. The van der Waals surface area contributed by atoms with Crippen molar-refractivity contribution in [2.75, 3.05) is 5.32 Å². The number of aryl methyl sites for hydroxylation is 1. The van der Waals surface area contributed by atoms with E-state index >= 15 is 0 Å². The highest BCUT2D eigenvalue weighted by Crippen LogP contribution is 2.36. The van der Waals surface area contributed by atoms with Crippen molar-refractivity contribution < 1.29 is 4.79 Å². The predicted molar refractivity (Wildman–Crippen MR) is 118 cm³/mol. The van der Waals surface area contributed by atoms with Crippen molar-refractivity contribution in [2.45, 2.75) is 32.4 Å². The summed E-state index contributed by atoms with van der Waals surface area (Å²) < 4.78 is 3.93. The van der Waals surface area contributed by atoms with E-state index in [0.717, 1.165) is 29.5 Å². The minimum Gasteiger partial charge on any atom is -0.325 e. The summed E-state index contributed by atoms with van der Waals surface area (Å²) in [4.78, 5) is 12.8. The van der Waals surface area contributed by atoms with E-state index in [9.17, 15) is 4.79 Å². The van der Waals surface area contributed by atoms with Crippen molar-refractivity contribution in [1.82, 2.24) is 35.0 Å². The molecule has 5 rings (SSSR count). The van der Waals surface area contributed by atoms with E-state index < -0.39 is 0 Å². The van der Waals surface area contributed by atoms with E-state index in [2.05, 4.69) is 31.0 Å². The SMILES string of the molecule is Cc1cccc(-c2n[nH]c(=S)n2CC(=O)Nc2cccc(-c3nnnn3C3CC3)c2)c1. The summed E-state index contributed by atoms with van der Waals surface area (Å²) in [5.74, 6) is 1.13. The lowest BCUT2D eigenvalue weighted by Gasteiger charge is -2.10. The first kappa shape index (κ1) is 19.3. The Hall–Kier alpha value is -3.66. The number of rotatable bonds is 6. The second-order valence-corrected chi connectivity index (χ2v) is 8.00. The molecule has 156 valence electrons. The third-order valence-electron chi connectivity index (χ3n) is 5.13. The van der Waals surface area contributed by atoms with Gasteiger partial charge in [0.25, 0.3) is 0 Å². The summed E-state index contributed by atoms with van der Waals surface area (Å²) in [5.41, 5.74) is 3.52. The summed E-state index contributed by atoms with van der Waals surface area (Å²) >= 11 is 5.35. The van der Waals surface area contributed by atoms with Gasteiger partial charge in [0.1, 0.15) is 6.54 Å². The van der Waals surface area contributed by atoms with E-state index in [1.54, 1.807) is 4.57 Å². The van der Waals surface area contributed by atoms with Crippen LogP contribution in [-0.2, 0) is 11.3 Å². The Balaban J connectivity index is 1.36. The topological polar surface area (TPSA) is 106 Å². The lowest BCUT2D eigenvalue weighted by Crippen LogP contribution is -2.19. The maximum atomic E-state index is 12.8. The first-order chi connectivity index (χ1) is 15.1. The quantitative estimate of drug-likeness (QED) is 0.452. The van der Waals surface area contributed by atoms with Gasteiger partial charge in [-0.25, -0.2) is 4.68 Å². The van der Waals surface area contributed by atoms with E-state index in [1.165, 1.54) is 0 Å². The minimum absolute atomic E-state index is 0.0443. The molecule has 0 aliphatic heterocycles. The van der Waals surface area contributed by atoms with Crippen molar-refractivity contribution in [2.24, 2.45) is 0 Å². The number of hydrogen-bond donors (Lipinski definition) is 2. The molecule has 0 unspecified atom stereocenters. The number of aromatic nitrogens is 7. The standard InChI is InChI=1S/C21H20N8OS/c1-13-4-2-5-14(10-13)19-23-25-21(31)28(19)12-18(30)22-16-7-3-6-15(11-16)20-24-26-27-29(20)17-8-9-17/h2-7,10-11,17H,8-9,12H2,1H3,(H,22,30)(H,25,31). The molecule has 1 aliphatic rings. The molecular formula is C21H20N8OS. The molecule has 9 nitrogen and oxygen atoms in total. The van der Waals surface area contributed by atoms with Crippen LogP contribution in [0.1, 0.15) is 24.4 Å². The highest BCUT2D eigenvalue weighted by Gasteiger charge is 2.28. The molecule has 2 aromatic carbocycles. The third-order valence-corrected chi connectivity index (χ3v) is 5.44. The molecule has 31 heavy (non-hydrogen) atoms. The third kappa shape index (κ3) is 4.02. The van der Waals surface area contributed by atoms with Crippen LogP contribution in [0.2, 0.25) is 0 Å². The van der Waals surface area contributed by atoms with Crippen LogP contribution in [0.15, 0.2) is 48.5 Å². The Morgan fingerprint density at radius 2 is 1.94 bits per heavy atom. The van der Waals surface area contributed by atoms with Gasteiger partial charge in [-0.1, -0.05) is 35.9 Å². The van der Waals surface area contributed by atoms with Gasteiger partial charge in [0.2, 0.25) is 5.91 Å². The van der Waals surface area contributed by atoms with Crippen molar-refractivity contribution in [3.8, 4) is 22.8 Å². The number of aromatic amines is 1. The second-order valence-electron chi connectivity index (χ2n) is 7.62. The van der Waals surface area contributed by atoms with Gasteiger partial charge in [-0.15, -0.1) is 5.10 Å². The van der Waals surface area contributed by atoms with Crippen LogP contribution >= 0.6 is 12.2 Å². The van der Waals surface area contributed by atoms with Crippen LogP contribution in [0.5, 0.6) is 0 Å². The summed E-state index contributed by atoms with van der Waals surface area (Å²) in [6.45, 7) is 2.05. The molecule has 0 bridgehead atoms. The predicted octanol–water partition coefficient (Wildman–Crippen LogP) is 3.54. The van der Waals surface area contributed by atoms with Crippen LogP contribution in [0.25, 0.3) is 22.8 Å². The molecule has 0 atom stereocenters. The second kappa shape index (κ2) is 7.88. The summed E-state index contributed by atoms with van der Waals surface area (Å²) in [7, 11) is 0. The Morgan fingerprint density at radius 1 is 1.16 bits per heavy atom. The Morgan fingerprint density at radius 3 is 2.71 bits per heavy atom. The summed E-state index contributed by atoms with van der Waals surface area (Å²) in [6, 6.07) is 15.8. The van der Waals surface area contributed by atoms with Gasteiger partial charge in [0.15, 0.2) is 16.4 Å². The number of nitrogens with one attached hydrogen (secondary N) is 2. The molecule has 1 saturated carbocycles. The smallest absolute Gasteiger partial charge is 0.244 e. The van der Waals surface area contributed by atoms with Crippen LogP contribution < -0.4 is 5.32 Å². The molecule has 10 heteroatoms. The average molecular weight is 433 g/mol. The fourth-order valence-corrected chi connectivity index (χ4v) is 3.69. The van der Waals surface area contributed by atoms with Gasteiger partial charge in [0.05, 0.1) is 6.04 Å². The maximum absolute atomic E-state index is 12.8. The monoisotopic (exact) mass is 432 g/mol. The number of hydrogen-bond acceptors (Lipinski definition) is 6. The molecule has 1 aliphatic carbocycles. The zero-order valence-electron chi connectivity index (χ0n) is 16.8. The fraction of sp³-hybridized carbons (Fsp3) is 0.238. The zero-order valence-corrected chi connectivity index (χ0v) is 17.6. The van der Waals surface area contributed by atoms with Gasteiger partial charge in [0, 0.05) is 16.8 Å². The highest BCUT2D eigenvalue weighted by atomic mass is 32.1. The first-order valence-corrected chi connectivity index (χ1v) is 10.4. The molecule has 0 spiro atoms. The number of tetrazole rings is 1. The maximum Gasteiger partial charge on any atom is 0.244 e. The number of carbonyl (C=O) groups excluding carboxylic acids is 1. The van der Waals surface area contributed by atoms with Gasteiger partial charge >= 0.3 is 0 Å². The molecule has 1 fully saturated rings. The molecule has 4 aromatic rings. The largest absolute Gasteiger partial charge is 0.325 e. The van der Waals surface area contributed by atoms with Crippen molar-refractivity contribution in [3.63, 3.8) is 0 Å². The summed E-state index contributed by atoms with van der Waals surface area (Å²) in [5, 5.41) is 22.1. The lowest BCUT2D eigenvalue weighted by molar-refractivity contribution is -0.116. The number of amides is 1. The van der Waals surface area contributed by atoms with E-state index in [1.807, 2.05) is 60.1 Å². The number of nitrogens with zero attached hydrogens (tertiary/aromatic N) is 6. The van der Waals surface area contributed by atoms with Crippen LogP contribution in [0.4, 0.5) is 5.69 Å². The van der Waals surface area contributed by atoms with Crippen molar-refractivity contribution in [3.05, 3.63) is 58.9 Å². The van der Waals surface area contributed by atoms with Crippen LogP contribution in [0.3, 0.4) is 0 Å². The average Bonchev–Trinajstić information content (AvgIpc) is 3.37. The van der Waals surface area contributed by atoms with E-state index in [0.29, 0.717) is 28.1 Å². The zero-order chi connectivity index (χ0) is 21.4. The van der Waals surface area contributed by atoms with Gasteiger partial charge < -0.3 is 5.32 Å². The van der Waals surface area contributed by atoms with Gasteiger partial charge in [-0.3, -0.25) is 14.5 Å². The summed E-state index contributed by atoms with van der Waals surface area (Å²) in [6.07, 6.45) is 2.17. The van der Waals surface area contributed by atoms with E-state index in [-0.39, 0.29) is 12.5 Å². The number of anilines is 1. The Bertz CT molecular complexity index is 1320. The number of H-pyrrole nitrogens is 1. The molecule has 0 radical (unpaired) electrons. The van der Waals surface area contributed by atoms with Crippen LogP contribution in [-0.4, -0.2) is 40.9 Å². The van der Waals surface area contributed by atoms with Crippen molar-refractivity contribution >= 4 is 23.8 Å². The molecule has 2 aromatic heterocycles. The van der Waals surface area contributed by atoms with Crippen LogP contribution in [0, 0.1) is 11.7 Å². The molecule has 2 N–H and O–H groups in total. The molecule has 1 amide bonds. The Labute approximate surface area is 183 Å². The van der Waals surface area contributed by atoms with Gasteiger partial charge in [-0.05, 0) is 60.6 Å². The lowest BCUT2D eigenvalue weighted by atomic mass is 10.1. The molecule has 2 heterocycles. The molecule has 0 saturated heterocycles.